The van der Waals surface area contributed by atoms with Gasteiger partial charge in [-0.25, -0.2) is 4.98 Å². The first-order chi connectivity index (χ1) is 11.5. The molecule has 6 nitrogen and oxygen atoms in total. The van der Waals surface area contributed by atoms with E-state index in [1.54, 1.807) is 11.3 Å². The summed E-state index contributed by atoms with van der Waals surface area (Å²) in [5.74, 6) is 1.36. The second kappa shape index (κ2) is 6.12. The van der Waals surface area contributed by atoms with E-state index in [1.807, 2.05) is 6.92 Å². The fourth-order valence-corrected chi connectivity index (χ4v) is 6.26. The average molecular weight is 380 g/mol. The molecule has 2 atom stereocenters. The maximum atomic E-state index is 12.6. The topological polar surface area (TPSA) is 97.5 Å². The van der Waals surface area contributed by atoms with Crippen molar-refractivity contribution in [2.24, 2.45) is 5.92 Å². The van der Waals surface area contributed by atoms with Crippen molar-refractivity contribution in [2.45, 2.75) is 42.7 Å². The van der Waals surface area contributed by atoms with Crippen molar-refractivity contribution in [3.8, 4) is 0 Å². The molecule has 0 aliphatic heterocycles. The van der Waals surface area contributed by atoms with Crippen molar-refractivity contribution >= 4 is 49.8 Å². The first-order valence-corrected chi connectivity index (χ1v) is 10.3. The zero-order valence-corrected chi connectivity index (χ0v) is 15.8. The molecule has 3 heterocycles. The minimum absolute atomic E-state index is 0.0208. The highest BCUT2D eigenvalue weighted by Gasteiger charge is 2.24. The van der Waals surface area contributed by atoms with Gasteiger partial charge in [0, 0.05) is 4.88 Å². The molecule has 0 unspecified atom stereocenters. The quantitative estimate of drug-likeness (QED) is 0.677. The molecule has 9 heteroatoms. The van der Waals surface area contributed by atoms with E-state index in [1.165, 1.54) is 33.5 Å². The van der Waals surface area contributed by atoms with Gasteiger partial charge in [0.05, 0.1) is 10.6 Å². The van der Waals surface area contributed by atoms with Crippen molar-refractivity contribution in [3.63, 3.8) is 0 Å². The van der Waals surface area contributed by atoms with Gasteiger partial charge in [-0.3, -0.25) is 4.79 Å². The molecule has 0 fully saturated rings. The lowest BCUT2D eigenvalue weighted by Gasteiger charge is -2.17. The summed E-state index contributed by atoms with van der Waals surface area (Å²) in [4.78, 5) is 22.5. The van der Waals surface area contributed by atoms with Gasteiger partial charge < -0.3 is 10.7 Å². The highest BCUT2D eigenvalue weighted by atomic mass is 32.2. The Balaban J connectivity index is 1.71. The molecule has 0 spiro atoms. The van der Waals surface area contributed by atoms with Crippen LogP contribution in [0.25, 0.3) is 10.2 Å². The van der Waals surface area contributed by atoms with Crippen LogP contribution in [0.15, 0.2) is 9.13 Å². The SMILES string of the molecule is C[C@H]1CCc2c(sc3nc([C@H](C)Sc4nnc(N)s4)[nH]c(=O)c23)C1. The number of thiophene rings is 1. The number of rotatable bonds is 3. The fourth-order valence-electron chi connectivity index (χ4n) is 3.03. The van der Waals surface area contributed by atoms with Crippen molar-refractivity contribution in [3.05, 3.63) is 26.6 Å². The van der Waals surface area contributed by atoms with Crippen LogP contribution < -0.4 is 11.3 Å². The number of nitrogen functional groups attached to an aromatic ring is 1. The molecule has 0 saturated carbocycles. The molecule has 3 aromatic heterocycles. The van der Waals surface area contributed by atoms with Crippen LogP contribution in [0.3, 0.4) is 0 Å². The molecule has 3 N–H and O–H groups in total. The number of aryl methyl sites for hydroxylation is 1. The van der Waals surface area contributed by atoms with Gasteiger partial charge in [-0.2, -0.15) is 0 Å². The molecule has 0 amide bonds. The van der Waals surface area contributed by atoms with E-state index < -0.39 is 0 Å². The predicted octanol–water partition coefficient (Wildman–Crippen LogP) is 3.40. The van der Waals surface area contributed by atoms with Gasteiger partial charge >= 0.3 is 0 Å². The molecule has 0 saturated heterocycles. The number of nitrogens with one attached hydrogen (secondary N) is 1. The Morgan fingerprint density at radius 2 is 2.21 bits per heavy atom. The first-order valence-electron chi connectivity index (χ1n) is 7.81. The average Bonchev–Trinajstić information content (AvgIpc) is 3.09. The molecular formula is C15H17N5OS3. The first kappa shape index (κ1) is 16.0. The molecule has 1 aliphatic carbocycles. The highest BCUT2D eigenvalue weighted by molar-refractivity contribution is 8.01. The van der Waals surface area contributed by atoms with Crippen LogP contribution in [0.1, 0.15) is 41.8 Å². The smallest absolute Gasteiger partial charge is 0.259 e. The number of hydrogen-bond acceptors (Lipinski definition) is 8. The van der Waals surface area contributed by atoms with E-state index >= 15 is 0 Å². The second-order valence-corrected chi connectivity index (χ2v) is 9.83. The van der Waals surface area contributed by atoms with E-state index in [2.05, 4.69) is 22.1 Å². The van der Waals surface area contributed by atoms with Crippen LogP contribution >= 0.6 is 34.4 Å². The number of aromatic nitrogens is 4. The number of aromatic amines is 1. The number of H-pyrrole nitrogens is 1. The summed E-state index contributed by atoms with van der Waals surface area (Å²) in [5, 5.41) is 9.05. The lowest BCUT2D eigenvalue weighted by molar-refractivity contribution is 0.509. The minimum Gasteiger partial charge on any atom is -0.374 e. The fraction of sp³-hybridized carbons (Fsp3) is 0.467. The Bertz CT molecular complexity index is 960. The minimum atomic E-state index is -0.0220. The third-order valence-corrected chi connectivity index (χ3v) is 7.36. The predicted molar refractivity (Wildman–Crippen MR) is 100 cm³/mol. The second-order valence-electron chi connectivity index (χ2n) is 6.15. The Labute approximate surface area is 150 Å². The number of anilines is 1. The van der Waals surface area contributed by atoms with Crippen molar-refractivity contribution < 1.29 is 0 Å². The molecule has 4 rings (SSSR count). The van der Waals surface area contributed by atoms with Gasteiger partial charge in [-0.1, -0.05) is 30.0 Å². The summed E-state index contributed by atoms with van der Waals surface area (Å²) in [5.41, 5.74) is 6.81. The molecule has 0 radical (unpaired) electrons. The Morgan fingerprint density at radius 1 is 1.38 bits per heavy atom. The van der Waals surface area contributed by atoms with E-state index in [-0.39, 0.29) is 10.8 Å². The Kier molecular flexibility index (Phi) is 4.09. The van der Waals surface area contributed by atoms with Crippen molar-refractivity contribution in [1.82, 2.24) is 20.2 Å². The molecule has 126 valence electrons. The van der Waals surface area contributed by atoms with E-state index in [4.69, 9.17) is 10.7 Å². The van der Waals surface area contributed by atoms with E-state index in [0.29, 0.717) is 16.9 Å². The summed E-state index contributed by atoms with van der Waals surface area (Å²) in [6.45, 7) is 4.27. The van der Waals surface area contributed by atoms with Crippen molar-refractivity contribution in [2.75, 3.05) is 5.73 Å². The number of thioether (sulfide) groups is 1. The summed E-state index contributed by atoms with van der Waals surface area (Å²) in [7, 11) is 0. The van der Waals surface area contributed by atoms with Gasteiger partial charge in [0.1, 0.15) is 10.7 Å². The lowest BCUT2D eigenvalue weighted by Crippen LogP contribution is -2.15. The number of fused-ring (bicyclic) bond motifs is 3. The largest absolute Gasteiger partial charge is 0.374 e. The summed E-state index contributed by atoms with van der Waals surface area (Å²) in [6.07, 6.45) is 3.18. The highest BCUT2D eigenvalue weighted by Crippen LogP contribution is 2.38. The zero-order valence-electron chi connectivity index (χ0n) is 13.3. The van der Waals surface area contributed by atoms with Gasteiger partial charge in [-0.15, -0.1) is 21.5 Å². The molecule has 0 bridgehead atoms. The maximum absolute atomic E-state index is 12.6. The molecule has 1 aliphatic rings. The molecule has 3 aromatic rings. The summed E-state index contributed by atoms with van der Waals surface area (Å²) in [6, 6.07) is 0. The van der Waals surface area contributed by atoms with Crippen LogP contribution in [0.5, 0.6) is 0 Å². The van der Waals surface area contributed by atoms with Crippen LogP contribution in [0.2, 0.25) is 0 Å². The van der Waals surface area contributed by atoms with E-state index in [9.17, 15) is 4.79 Å². The van der Waals surface area contributed by atoms with Gasteiger partial charge in [-0.05, 0) is 37.7 Å². The summed E-state index contributed by atoms with van der Waals surface area (Å²) < 4.78 is 0.780. The third-order valence-electron chi connectivity index (χ3n) is 4.27. The van der Waals surface area contributed by atoms with E-state index in [0.717, 1.165) is 33.8 Å². The van der Waals surface area contributed by atoms with Gasteiger partial charge in [0.15, 0.2) is 4.34 Å². The van der Waals surface area contributed by atoms with Crippen LogP contribution in [-0.2, 0) is 12.8 Å². The Morgan fingerprint density at radius 3 is 2.96 bits per heavy atom. The van der Waals surface area contributed by atoms with Crippen molar-refractivity contribution in [1.29, 1.82) is 0 Å². The lowest BCUT2D eigenvalue weighted by atomic mass is 9.89. The van der Waals surface area contributed by atoms with Gasteiger partial charge in [0.25, 0.3) is 5.56 Å². The standard InChI is InChI=1S/C15H17N5OS3/c1-6-3-4-8-9(5-6)23-13-10(8)12(21)17-11(18-13)7(2)22-15-20-19-14(16)24-15/h6-7H,3-5H2,1-2H3,(H2,16,19)(H,17,18,21)/t6-,7-/m0/s1. The van der Waals surface area contributed by atoms with Crippen LogP contribution in [0.4, 0.5) is 5.13 Å². The third kappa shape index (κ3) is 2.84. The van der Waals surface area contributed by atoms with Crippen LogP contribution in [0, 0.1) is 5.92 Å². The molecule has 24 heavy (non-hydrogen) atoms. The zero-order chi connectivity index (χ0) is 16.8. The normalized spacial score (nSPS) is 18.7. The number of hydrogen-bond donors (Lipinski definition) is 2. The maximum Gasteiger partial charge on any atom is 0.259 e. The molecular weight excluding hydrogens is 362 g/mol. The Hall–Kier alpha value is -1.45. The number of nitrogens with zero attached hydrogens (tertiary/aromatic N) is 3. The molecule has 0 aromatic carbocycles. The van der Waals surface area contributed by atoms with Crippen LogP contribution in [-0.4, -0.2) is 20.2 Å². The summed E-state index contributed by atoms with van der Waals surface area (Å²) >= 11 is 4.52. The monoisotopic (exact) mass is 379 g/mol. The number of nitrogens with two attached hydrogens (primary N) is 1. The van der Waals surface area contributed by atoms with Gasteiger partial charge in [0.2, 0.25) is 5.13 Å².